The average Bonchev–Trinajstić information content (AvgIpc) is 3.00. The van der Waals surface area contributed by atoms with Crippen LogP contribution < -0.4 is 0 Å². The van der Waals surface area contributed by atoms with Gasteiger partial charge in [-0.2, -0.15) is 0 Å². The lowest BCUT2D eigenvalue weighted by Gasteiger charge is -2.11. The number of rotatable bonds is 3. The van der Waals surface area contributed by atoms with Crippen LogP contribution in [0.4, 0.5) is 5.69 Å². The van der Waals surface area contributed by atoms with Crippen LogP contribution in [0.15, 0.2) is 50.7 Å². The zero-order valence-corrected chi connectivity index (χ0v) is 14.2. The number of amidine groups is 1. The van der Waals surface area contributed by atoms with Crippen molar-refractivity contribution in [3.8, 4) is 0 Å². The standard InChI is InChI=1S/C18H18N2O2S/c1-4-20-17(21)16(11-14-10-12(2)22-13(14)3)23-18(20)19-15-8-6-5-7-9-15/h5-11H,4H2,1-3H3/b16-11-,19-18?. The zero-order valence-electron chi connectivity index (χ0n) is 13.4. The Labute approximate surface area is 139 Å². The number of hydrogen-bond donors (Lipinski definition) is 0. The lowest BCUT2D eigenvalue weighted by molar-refractivity contribution is -0.122. The number of benzene rings is 1. The van der Waals surface area contributed by atoms with Gasteiger partial charge in [-0.15, -0.1) is 0 Å². The molecule has 0 N–H and O–H groups in total. The summed E-state index contributed by atoms with van der Waals surface area (Å²) in [6.45, 7) is 6.35. The lowest BCUT2D eigenvalue weighted by atomic mass is 10.2. The van der Waals surface area contributed by atoms with E-state index in [2.05, 4.69) is 4.99 Å². The van der Waals surface area contributed by atoms with Crippen LogP contribution in [0.5, 0.6) is 0 Å². The van der Waals surface area contributed by atoms with Gasteiger partial charge in [0.15, 0.2) is 5.17 Å². The molecule has 23 heavy (non-hydrogen) atoms. The van der Waals surface area contributed by atoms with Gasteiger partial charge >= 0.3 is 0 Å². The molecule has 1 fully saturated rings. The van der Waals surface area contributed by atoms with Crippen molar-refractivity contribution in [3.63, 3.8) is 0 Å². The molecule has 3 rings (SSSR count). The second-order valence-corrected chi connectivity index (χ2v) is 6.27. The number of furan rings is 1. The van der Waals surface area contributed by atoms with Gasteiger partial charge in [0, 0.05) is 12.1 Å². The highest BCUT2D eigenvalue weighted by atomic mass is 32.2. The third kappa shape index (κ3) is 3.24. The van der Waals surface area contributed by atoms with Crippen molar-refractivity contribution in [1.82, 2.24) is 4.90 Å². The summed E-state index contributed by atoms with van der Waals surface area (Å²) in [6.07, 6.45) is 1.88. The molecule has 0 unspecified atom stereocenters. The average molecular weight is 326 g/mol. The molecule has 4 nitrogen and oxygen atoms in total. The second-order valence-electron chi connectivity index (χ2n) is 5.26. The molecule has 1 aliphatic rings. The second kappa shape index (κ2) is 6.46. The highest BCUT2D eigenvalue weighted by Crippen LogP contribution is 2.34. The topological polar surface area (TPSA) is 45.8 Å². The highest BCUT2D eigenvalue weighted by Gasteiger charge is 2.32. The third-order valence-electron chi connectivity index (χ3n) is 3.55. The van der Waals surface area contributed by atoms with Crippen LogP contribution in [0.1, 0.15) is 24.0 Å². The molecule has 2 aromatic rings. The van der Waals surface area contributed by atoms with E-state index in [1.54, 1.807) is 4.90 Å². The van der Waals surface area contributed by atoms with Gasteiger partial charge in [0.1, 0.15) is 11.5 Å². The third-order valence-corrected chi connectivity index (χ3v) is 4.56. The van der Waals surface area contributed by atoms with Crippen molar-refractivity contribution in [2.75, 3.05) is 6.54 Å². The molecule has 1 aromatic heterocycles. The van der Waals surface area contributed by atoms with Gasteiger partial charge in [0.25, 0.3) is 5.91 Å². The van der Waals surface area contributed by atoms with Gasteiger partial charge in [0.2, 0.25) is 0 Å². The fourth-order valence-corrected chi connectivity index (χ4v) is 3.47. The summed E-state index contributed by atoms with van der Waals surface area (Å²) in [6, 6.07) is 11.6. The number of nitrogens with zero attached hydrogens (tertiary/aromatic N) is 2. The van der Waals surface area contributed by atoms with Gasteiger partial charge in [-0.05, 0) is 56.8 Å². The molecular formula is C18H18N2O2S. The van der Waals surface area contributed by atoms with Crippen LogP contribution in [0.2, 0.25) is 0 Å². The Balaban J connectivity index is 1.95. The first-order valence-electron chi connectivity index (χ1n) is 7.50. The molecule has 0 saturated carbocycles. The molecule has 0 spiro atoms. The molecule has 0 atom stereocenters. The SMILES string of the molecule is CCN1C(=O)/C(=C/c2cc(C)oc2C)SC1=Nc1ccccc1. The van der Waals surface area contributed by atoms with E-state index in [4.69, 9.17) is 4.42 Å². The monoisotopic (exact) mass is 326 g/mol. The number of carbonyl (C=O) groups is 1. The van der Waals surface area contributed by atoms with Crippen molar-refractivity contribution in [2.45, 2.75) is 20.8 Å². The Morgan fingerprint density at radius 2 is 2.00 bits per heavy atom. The van der Waals surface area contributed by atoms with Crippen molar-refractivity contribution in [2.24, 2.45) is 4.99 Å². The first-order chi connectivity index (χ1) is 11.1. The maximum atomic E-state index is 12.6. The fourth-order valence-electron chi connectivity index (χ4n) is 2.42. The van der Waals surface area contributed by atoms with E-state index in [0.29, 0.717) is 16.6 Å². The quantitative estimate of drug-likeness (QED) is 0.779. The number of aryl methyl sites for hydroxylation is 2. The van der Waals surface area contributed by atoms with Gasteiger partial charge in [-0.3, -0.25) is 9.69 Å². The number of aliphatic imine (C=N–C) groups is 1. The van der Waals surface area contributed by atoms with Crippen LogP contribution in [0, 0.1) is 13.8 Å². The molecule has 0 aliphatic carbocycles. The first kappa shape index (κ1) is 15.6. The van der Waals surface area contributed by atoms with Crippen LogP contribution in [0.25, 0.3) is 6.08 Å². The van der Waals surface area contributed by atoms with Crippen molar-refractivity contribution < 1.29 is 9.21 Å². The number of amides is 1. The predicted octanol–water partition coefficient (Wildman–Crippen LogP) is 4.52. The molecule has 1 amide bonds. The Bertz CT molecular complexity index is 791. The molecule has 0 bridgehead atoms. The van der Waals surface area contributed by atoms with Gasteiger partial charge < -0.3 is 4.42 Å². The summed E-state index contributed by atoms with van der Waals surface area (Å²) < 4.78 is 5.53. The Hall–Kier alpha value is -2.27. The van der Waals surface area contributed by atoms with Gasteiger partial charge in [0.05, 0.1) is 10.6 Å². The lowest BCUT2D eigenvalue weighted by Crippen LogP contribution is -2.28. The van der Waals surface area contributed by atoms with Crippen LogP contribution >= 0.6 is 11.8 Å². The predicted molar refractivity (Wildman–Crippen MR) is 94.7 cm³/mol. The highest BCUT2D eigenvalue weighted by molar-refractivity contribution is 8.18. The van der Waals surface area contributed by atoms with E-state index in [9.17, 15) is 4.79 Å². The van der Waals surface area contributed by atoms with E-state index in [0.717, 1.165) is 22.8 Å². The van der Waals surface area contributed by atoms with E-state index in [1.807, 2.05) is 63.2 Å². The largest absolute Gasteiger partial charge is 0.466 e. The van der Waals surface area contributed by atoms with E-state index < -0.39 is 0 Å². The summed E-state index contributed by atoms with van der Waals surface area (Å²) in [5.74, 6) is 1.65. The molecule has 5 heteroatoms. The zero-order chi connectivity index (χ0) is 16.4. The number of para-hydroxylation sites is 1. The maximum absolute atomic E-state index is 12.6. The minimum absolute atomic E-state index is 0.00886. The van der Waals surface area contributed by atoms with Crippen LogP contribution in [-0.2, 0) is 4.79 Å². The normalized spacial score (nSPS) is 18.4. The molecule has 1 aliphatic heterocycles. The summed E-state index contributed by atoms with van der Waals surface area (Å²) in [5, 5.41) is 0.716. The summed E-state index contributed by atoms with van der Waals surface area (Å²) in [7, 11) is 0. The Kier molecular flexibility index (Phi) is 4.39. The number of hydrogen-bond acceptors (Lipinski definition) is 4. The minimum atomic E-state index is -0.00886. The molecule has 0 radical (unpaired) electrons. The maximum Gasteiger partial charge on any atom is 0.266 e. The summed E-state index contributed by atoms with van der Waals surface area (Å²) in [5.41, 5.74) is 1.79. The number of carbonyl (C=O) groups excluding carboxylic acids is 1. The van der Waals surface area contributed by atoms with Crippen LogP contribution in [0.3, 0.4) is 0 Å². The van der Waals surface area contributed by atoms with Gasteiger partial charge in [-0.25, -0.2) is 4.99 Å². The van der Waals surface area contributed by atoms with Crippen LogP contribution in [-0.4, -0.2) is 22.5 Å². The number of likely N-dealkylation sites (N-methyl/N-ethyl adjacent to an activating group) is 1. The molecule has 118 valence electrons. The smallest absolute Gasteiger partial charge is 0.266 e. The summed E-state index contributed by atoms with van der Waals surface area (Å²) >= 11 is 1.40. The first-order valence-corrected chi connectivity index (χ1v) is 8.32. The minimum Gasteiger partial charge on any atom is -0.466 e. The number of thioether (sulfide) groups is 1. The molecule has 2 heterocycles. The van der Waals surface area contributed by atoms with Crippen molar-refractivity contribution >= 4 is 34.6 Å². The van der Waals surface area contributed by atoms with E-state index in [1.165, 1.54) is 11.8 Å². The Morgan fingerprint density at radius 3 is 2.61 bits per heavy atom. The van der Waals surface area contributed by atoms with Gasteiger partial charge in [-0.1, -0.05) is 18.2 Å². The summed E-state index contributed by atoms with van der Waals surface area (Å²) in [4.78, 5) is 19.6. The molecule has 1 saturated heterocycles. The Morgan fingerprint density at radius 1 is 1.26 bits per heavy atom. The van der Waals surface area contributed by atoms with E-state index >= 15 is 0 Å². The molecular weight excluding hydrogens is 308 g/mol. The fraction of sp³-hybridized carbons (Fsp3) is 0.222. The molecule has 1 aromatic carbocycles. The van der Waals surface area contributed by atoms with Crippen molar-refractivity contribution in [1.29, 1.82) is 0 Å². The van der Waals surface area contributed by atoms with E-state index in [-0.39, 0.29) is 5.91 Å². The van der Waals surface area contributed by atoms with Crippen molar-refractivity contribution in [3.05, 3.63) is 58.4 Å².